The van der Waals surface area contributed by atoms with Crippen LogP contribution in [0, 0.1) is 13.8 Å². The topological polar surface area (TPSA) is 0 Å². The van der Waals surface area contributed by atoms with Crippen LogP contribution in [0.4, 0.5) is 0 Å². The Balaban J connectivity index is 2.55. The fraction of sp³-hybridized carbons (Fsp3) is 0.333. The fourth-order valence-electron chi connectivity index (χ4n) is 2.21. The van der Waals surface area contributed by atoms with Crippen LogP contribution in [0.15, 0.2) is 42.5 Å². The van der Waals surface area contributed by atoms with E-state index < -0.39 is 0 Å². The van der Waals surface area contributed by atoms with Gasteiger partial charge in [0.2, 0.25) is 0 Å². The van der Waals surface area contributed by atoms with Crippen LogP contribution in [0.25, 0.3) is 11.1 Å². The van der Waals surface area contributed by atoms with Crippen molar-refractivity contribution in [2.24, 2.45) is 0 Å². The van der Waals surface area contributed by atoms with Crippen molar-refractivity contribution >= 4 is 0 Å². The summed E-state index contributed by atoms with van der Waals surface area (Å²) in [7, 11) is 0. The Labute approximate surface area is 111 Å². The van der Waals surface area contributed by atoms with Gasteiger partial charge in [-0.15, -0.1) is 0 Å². The van der Waals surface area contributed by atoms with Crippen molar-refractivity contribution in [2.75, 3.05) is 0 Å². The van der Waals surface area contributed by atoms with Gasteiger partial charge in [-0.05, 0) is 36.0 Å². The standard InChI is InChI=1S/C18H22/c1-13-7-6-8-15(9-13)16-10-14(2)11-17(12-16)18(3,4)5/h6-12H,1-5H3. The highest BCUT2D eigenvalue weighted by atomic mass is 14.2. The summed E-state index contributed by atoms with van der Waals surface area (Å²) in [5, 5.41) is 0. The van der Waals surface area contributed by atoms with Gasteiger partial charge in [0, 0.05) is 0 Å². The molecular formula is C18H22. The number of benzene rings is 2. The zero-order valence-corrected chi connectivity index (χ0v) is 12.0. The molecule has 0 heterocycles. The average molecular weight is 238 g/mol. The van der Waals surface area contributed by atoms with Crippen LogP contribution in [0.2, 0.25) is 0 Å². The molecule has 0 bridgehead atoms. The van der Waals surface area contributed by atoms with E-state index in [9.17, 15) is 0 Å². The van der Waals surface area contributed by atoms with Crippen molar-refractivity contribution in [3.63, 3.8) is 0 Å². The molecule has 0 heteroatoms. The van der Waals surface area contributed by atoms with Crippen molar-refractivity contribution in [3.8, 4) is 11.1 Å². The molecule has 0 aliphatic heterocycles. The van der Waals surface area contributed by atoms with Gasteiger partial charge in [-0.1, -0.05) is 74.4 Å². The van der Waals surface area contributed by atoms with Gasteiger partial charge >= 0.3 is 0 Å². The van der Waals surface area contributed by atoms with Crippen molar-refractivity contribution < 1.29 is 0 Å². The first kappa shape index (κ1) is 12.9. The Morgan fingerprint density at radius 1 is 0.722 bits per heavy atom. The van der Waals surface area contributed by atoms with E-state index in [4.69, 9.17) is 0 Å². The smallest absolute Gasteiger partial charge is 0.0132 e. The maximum Gasteiger partial charge on any atom is -0.0132 e. The number of rotatable bonds is 1. The van der Waals surface area contributed by atoms with Gasteiger partial charge in [-0.25, -0.2) is 0 Å². The van der Waals surface area contributed by atoms with Crippen LogP contribution in [-0.4, -0.2) is 0 Å². The normalized spacial score (nSPS) is 11.6. The van der Waals surface area contributed by atoms with Crippen LogP contribution >= 0.6 is 0 Å². The van der Waals surface area contributed by atoms with E-state index in [1.807, 2.05) is 0 Å². The van der Waals surface area contributed by atoms with E-state index in [1.165, 1.54) is 27.8 Å². The summed E-state index contributed by atoms with van der Waals surface area (Å²) in [5.74, 6) is 0. The zero-order valence-electron chi connectivity index (χ0n) is 12.0. The number of hydrogen-bond donors (Lipinski definition) is 0. The largest absolute Gasteiger partial charge is 0.0614 e. The lowest BCUT2D eigenvalue weighted by atomic mass is 9.84. The van der Waals surface area contributed by atoms with Crippen molar-refractivity contribution in [3.05, 3.63) is 59.2 Å². The summed E-state index contributed by atoms with van der Waals surface area (Å²) in [6.45, 7) is 11.1. The number of aryl methyl sites for hydroxylation is 2. The van der Waals surface area contributed by atoms with E-state index in [2.05, 4.69) is 77.1 Å². The van der Waals surface area contributed by atoms with Gasteiger partial charge in [0.25, 0.3) is 0 Å². The molecule has 0 unspecified atom stereocenters. The van der Waals surface area contributed by atoms with Crippen molar-refractivity contribution in [2.45, 2.75) is 40.0 Å². The van der Waals surface area contributed by atoms with Gasteiger partial charge in [0.05, 0.1) is 0 Å². The molecule has 0 N–H and O–H groups in total. The Morgan fingerprint density at radius 3 is 2.00 bits per heavy atom. The second kappa shape index (κ2) is 4.61. The van der Waals surface area contributed by atoms with E-state index in [0.717, 1.165) is 0 Å². The lowest BCUT2D eigenvalue weighted by molar-refractivity contribution is 0.590. The summed E-state index contributed by atoms with van der Waals surface area (Å²) in [6.07, 6.45) is 0. The quantitative estimate of drug-likeness (QED) is 0.635. The lowest BCUT2D eigenvalue weighted by Crippen LogP contribution is -2.11. The van der Waals surface area contributed by atoms with E-state index in [-0.39, 0.29) is 5.41 Å². The van der Waals surface area contributed by atoms with Gasteiger partial charge in [-0.2, -0.15) is 0 Å². The average Bonchev–Trinajstić information content (AvgIpc) is 2.27. The fourth-order valence-corrected chi connectivity index (χ4v) is 2.21. The molecule has 0 atom stereocenters. The molecule has 0 fully saturated rings. The molecule has 0 saturated heterocycles. The van der Waals surface area contributed by atoms with Gasteiger partial charge in [0.15, 0.2) is 0 Å². The minimum Gasteiger partial charge on any atom is -0.0614 e. The van der Waals surface area contributed by atoms with Gasteiger partial charge in [-0.3, -0.25) is 0 Å². The Hall–Kier alpha value is -1.56. The highest BCUT2D eigenvalue weighted by Crippen LogP contribution is 2.29. The molecule has 0 saturated carbocycles. The SMILES string of the molecule is Cc1cccc(-c2cc(C)cc(C(C)(C)C)c2)c1. The molecule has 0 aromatic heterocycles. The molecule has 2 aromatic rings. The molecule has 0 aliphatic carbocycles. The third kappa shape index (κ3) is 2.81. The van der Waals surface area contributed by atoms with E-state index in [1.54, 1.807) is 0 Å². The maximum absolute atomic E-state index is 2.32. The summed E-state index contributed by atoms with van der Waals surface area (Å²) < 4.78 is 0. The highest BCUT2D eigenvalue weighted by molar-refractivity contribution is 5.66. The molecule has 18 heavy (non-hydrogen) atoms. The summed E-state index contributed by atoms with van der Waals surface area (Å²) in [4.78, 5) is 0. The second-order valence-electron chi connectivity index (χ2n) is 6.21. The predicted molar refractivity (Wildman–Crippen MR) is 80.1 cm³/mol. The van der Waals surface area contributed by atoms with Crippen LogP contribution in [0.3, 0.4) is 0 Å². The third-order valence-electron chi connectivity index (χ3n) is 3.29. The number of hydrogen-bond acceptors (Lipinski definition) is 0. The van der Waals surface area contributed by atoms with Crippen LogP contribution in [0.1, 0.15) is 37.5 Å². The molecule has 0 nitrogen and oxygen atoms in total. The lowest BCUT2D eigenvalue weighted by Gasteiger charge is -2.21. The maximum atomic E-state index is 2.32. The first-order valence-electron chi connectivity index (χ1n) is 6.55. The van der Waals surface area contributed by atoms with Gasteiger partial charge in [0.1, 0.15) is 0 Å². The molecule has 2 rings (SSSR count). The molecule has 2 aromatic carbocycles. The first-order valence-corrected chi connectivity index (χ1v) is 6.55. The molecule has 0 radical (unpaired) electrons. The Bertz CT molecular complexity index is 556. The zero-order chi connectivity index (χ0) is 13.3. The highest BCUT2D eigenvalue weighted by Gasteiger charge is 2.15. The molecule has 0 aliphatic rings. The van der Waals surface area contributed by atoms with Gasteiger partial charge < -0.3 is 0 Å². The second-order valence-corrected chi connectivity index (χ2v) is 6.21. The molecular weight excluding hydrogens is 216 g/mol. The summed E-state index contributed by atoms with van der Waals surface area (Å²) >= 11 is 0. The minimum atomic E-state index is 0.199. The first-order chi connectivity index (χ1) is 8.36. The van der Waals surface area contributed by atoms with E-state index >= 15 is 0 Å². The van der Waals surface area contributed by atoms with E-state index in [0.29, 0.717) is 0 Å². The van der Waals surface area contributed by atoms with Crippen molar-refractivity contribution in [1.29, 1.82) is 0 Å². The summed E-state index contributed by atoms with van der Waals surface area (Å²) in [5.41, 5.74) is 6.88. The van der Waals surface area contributed by atoms with Crippen molar-refractivity contribution in [1.82, 2.24) is 0 Å². The minimum absolute atomic E-state index is 0.199. The monoisotopic (exact) mass is 238 g/mol. The van der Waals surface area contributed by atoms with Crippen LogP contribution in [-0.2, 0) is 5.41 Å². The third-order valence-corrected chi connectivity index (χ3v) is 3.29. The molecule has 94 valence electrons. The summed E-state index contributed by atoms with van der Waals surface area (Å²) in [6, 6.07) is 15.6. The molecule has 0 spiro atoms. The Morgan fingerprint density at radius 2 is 1.39 bits per heavy atom. The van der Waals surface area contributed by atoms with Crippen LogP contribution in [0.5, 0.6) is 0 Å². The Kier molecular flexibility index (Phi) is 3.30. The predicted octanol–water partition coefficient (Wildman–Crippen LogP) is 5.27. The van der Waals surface area contributed by atoms with Crippen LogP contribution < -0.4 is 0 Å². The molecule has 0 amide bonds.